The van der Waals surface area contributed by atoms with Crippen LogP contribution in [0, 0.1) is 17.5 Å². The molecular weight excluding hydrogens is 511 g/mol. The van der Waals surface area contributed by atoms with Gasteiger partial charge in [-0.3, -0.25) is 19.4 Å². The molecule has 0 saturated carbocycles. The Hall–Kier alpha value is -4.73. The zero-order valence-corrected chi connectivity index (χ0v) is 20.5. The molecule has 1 N–H and O–H groups in total. The third-order valence-corrected chi connectivity index (χ3v) is 6.46. The van der Waals surface area contributed by atoms with Gasteiger partial charge in [0.05, 0.1) is 25.1 Å². The smallest absolute Gasteiger partial charge is 0.261 e. The number of carbonyl (C=O) groups excluding carboxylic acids is 2. The van der Waals surface area contributed by atoms with Gasteiger partial charge >= 0.3 is 0 Å². The van der Waals surface area contributed by atoms with Gasteiger partial charge in [-0.15, -0.1) is 0 Å². The number of hydrogen-bond acceptors (Lipinski definition) is 5. The van der Waals surface area contributed by atoms with Crippen molar-refractivity contribution in [2.45, 2.75) is 25.3 Å². The van der Waals surface area contributed by atoms with Crippen molar-refractivity contribution in [2.75, 3.05) is 11.9 Å². The number of ketones is 1. The minimum atomic E-state index is -1.59. The lowest BCUT2D eigenvalue weighted by molar-refractivity contribution is -0.115. The minimum Gasteiger partial charge on any atom is -0.493 e. The fraction of sp³-hybridized carbons (Fsp3) is 0.172. The maximum absolute atomic E-state index is 13.6. The van der Waals surface area contributed by atoms with E-state index in [-0.39, 0.29) is 36.6 Å². The Balaban J connectivity index is 1.35. The molecule has 0 spiro atoms. The highest BCUT2D eigenvalue weighted by molar-refractivity contribution is 5.99. The summed E-state index contributed by atoms with van der Waals surface area (Å²) < 4.78 is 47.7. The standard InChI is InChI=1S/C29H22F3N3O4/c30-23-9-17(10-24(31)28(23)32)15-35-8-2-4-22(29(35)38)26(36)11-20(19-3-1-7-33-14-19)16-39-21-6-5-18-12-27(37)34-25(18)13-21/h1-10,13-14,20H,11-12,15-16H2,(H,34,37). The number of anilines is 1. The number of ether oxygens (including phenoxy) is 1. The van der Waals surface area contributed by atoms with E-state index in [1.807, 2.05) is 0 Å². The molecule has 1 atom stereocenters. The van der Waals surface area contributed by atoms with Crippen LogP contribution < -0.4 is 15.6 Å². The average molecular weight is 534 g/mol. The van der Waals surface area contributed by atoms with Gasteiger partial charge in [-0.2, -0.15) is 0 Å². The van der Waals surface area contributed by atoms with Gasteiger partial charge in [0.1, 0.15) is 5.75 Å². The van der Waals surface area contributed by atoms with Crippen LogP contribution in [0.3, 0.4) is 0 Å². The summed E-state index contributed by atoms with van der Waals surface area (Å²) in [6, 6.07) is 13.3. The topological polar surface area (TPSA) is 90.3 Å². The summed E-state index contributed by atoms with van der Waals surface area (Å²) in [5.74, 6) is -4.82. The quantitative estimate of drug-likeness (QED) is 0.250. The van der Waals surface area contributed by atoms with Crippen LogP contribution in [0.4, 0.5) is 18.9 Å². The normalized spacial score (nSPS) is 13.1. The van der Waals surface area contributed by atoms with Crippen LogP contribution >= 0.6 is 0 Å². The Morgan fingerprint density at radius 3 is 2.59 bits per heavy atom. The second-order valence-corrected chi connectivity index (χ2v) is 9.19. The number of fused-ring (bicyclic) bond motifs is 1. The maximum Gasteiger partial charge on any atom is 0.261 e. The summed E-state index contributed by atoms with van der Waals surface area (Å²) >= 11 is 0. The molecular formula is C29H22F3N3O4. The van der Waals surface area contributed by atoms with Gasteiger partial charge in [0, 0.05) is 42.7 Å². The molecule has 10 heteroatoms. The summed E-state index contributed by atoms with van der Waals surface area (Å²) in [4.78, 5) is 42.2. The first kappa shape index (κ1) is 25.9. The number of amides is 1. The number of nitrogens with one attached hydrogen (secondary N) is 1. The third-order valence-electron chi connectivity index (χ3n) is 6.46. The van der Waals surface area contributed by atoms with Gasteiger partial charge in [0.2, 0.25) is 5.91 Å². The molecule has 0 saturated heterocycles. The lowest BCUT2D eigenvalue weighted by Crippen LogP contribution is -2.27. The highest BCUT2D eigenvalue weighted by atomic mass is 19.2. The Kier molecular flexibility index (Phi) is 7.27. The molecule has 0 radical (unpaired) electrons. The van der Waals surface area contributed by atoms with Crippen molar-refractivity contribution in [3.05, 3.63) is 123 Å². The lowest BCUT2D eigenvalue weighted by atomic mass is 9.93. The van der Waals surface area contributed by atoms with E-state index < -0.39 is 34.7 Å². The molecule has 2 aromatic heterocycles. The molecule has 0 aliphatic carbocycles. The summed E-state index contributed by atoms with van der Waals surface area (Å²) in [5, 5.41) is 2.77. The van der Waals surface area contributed by atoms with Crippen LogP contribution in [-0.4, -0.2) is 27.8 Å². The number of halogens is 3. The Bertz CT molecular complexity index is 1600. The monoisotopic (exact) mass is 533 g/mol. The molecule has 0 bridgehead atoms. The summed E-state index contributed by atoms with van der Waals surface area (Å²) in [6.45, 7) is -0.155. The van der Waals surface area contributed by atoms with Crippen LogP contribution in [-0.2, 0) is 17.8 Å². The minimum absolute atomic E-state index is 0.0327. The molecule has 198 valence electrons. The van der Waals surface area contributed by atoms with Crippen LogP contribution in [0.2, 0.25) is 0 Å². The van der Waals surface area contributed by atoms with E-state index in [0.29, 0.717) is 17.9 Å². The van der Waals surface area contributed by atoms with E-state index in [1.165, 1.54) is 18.3 Å². The van der Waals surface area contributed by atoms with Crippen LogP contribution in [0.1, 0.15) is 39.4 Å². The molecule has 3 heterocycles. The number of Topliss-reactive ketones (excluding diaryl/α,β-unsaturated/α-hetero) is 1. The number of aromatic nitrogens is 2. The van der Waals surface area contributed by atoms with Gasteiger partial charge in [-0.1, -0.05) is 12.1 Å². The molecule has 1 amide bonds. The molecule has 5 rings (SSSR count). The SMILES string of the molecule is O=C1Cc2ccc(OCC(CC(=O)c3cccn(Cc4cc(F)c(F)c(F)c4)c3=O)c3cccnc3)cc2N1. The Morgan fingerprint density at radius 1 is 1.05 bits per heavy atom. The van der Waals surface area contributed by atoms with Gasteiger partial charge in [0.15, 0.2) is 23.2 Å². The van der Waals surface area contributed by atoms with Gasteiger partial charge < -0.3 is 14.6 Å². The molecule has 1 aliphatic rings. The molecule has 1 unspecified atom stereocenters. The van der Waals surface area contributed by atoms with E-state index >= 15 is 0 Å². The number of nitrogens with zero attached hydrogens (tertiary/aromatic N) is 2. The molecule has 4 aromatic rings. The fourth-order valence-corrected chi connectivity index (χ4v) is 4.47. The summed E-state index contributed by atoms with van der Waals surface area (Å²) in [5.41, 5.74) is 1.57. The predicted molar refractivity (Wildman–Crippen MR) is 136 cm³/mol. The van der Waals surface area contributed by atoms with Crippen LogP contribution in [0.25, 0.3) is 0 Å². The third kappa shape index (κ3) is 5.74. The summed E-state index contributed by atoms with van der Waals surface area (Å²) in [7, 11) is 0. The van der Waals surface area contributed by atoms with Crippen molar-refractivity contribution < 1.29 is 27.5 Å². The zero-order valence-electron chi connectivity index (χ0n) is 20.5. The predicted octanol–water partition coefficient (Wildman–Crippen LogP) is 4.64. The number of carbonyl (C=O) groups is 2. The lowest BCUT2D eigenvalue weighted by Gasteiger charge is -2.18. The first-order valence-electron chi connectivity index (χ1n) is 12.1. The Labute approximate surface area is 220 Å². The first-order chi connectivity index (χ1) is 18.8. The van der Waals surface area contributed by atoms with Crippen molar-refractivity contribution in [2.24, 2.45) is 0 Å². The summed E-state index contributed by atoms with van der Waals surface area (Å²) in [6.07, 6.45) is 4.83. The second-order valence-electron chi connectivity index (χ2n) is 9.19. The number of benzene rings is 2. The highest BCUT2D eigenvalue weighted by Crippen LogP contribution is 2.29. The number of pyridine rings is 2. The maximum atomic E-state index is 13.6. The van der Waals surface area contributed by atoms with Crippen molar-refractivity contribution in [1.82, 2.24) is 9.55 Å². The van der Waals surface area contributed by atoms with E-state index in [4.69, 9.17) is 4.74 Å². The molecule has 1 aliphatic heterocycles. The average Bonchev–Trinajstić information content (AvgIpc) is 3.30. The van der Waals surface area contributed by atoms with E-state index in [2.05, 4.69) is 10.3 Å². The molecule has 39 heavy (non-hydrogen) atoms. The molecule has 0 fully saturated rings. The van der Waals surface area contributed by atoms with Crippen LogP contribution in [0.5, 0.6) is 5.75 Å². The van der Waals surface area contributed by atoms with E-state index in [0.717, 1.165) is 27.8 Å². The van der Waals surface area contributed by atoms with E-state index in [9.17, 15) is 27.6 Å². The van der Waals surface area contributed by atoms with Crippen molar-refractivity contribution in [1.29, 1.82) is 0 Å². The van der Waals surface area contributed by atoms with Crippen LogP contribution in [0.15, 0.2) is 78.0 Å². The van der Waals surface area contributed by atoms with E-state index in [1.54, 1.807) is 42.7 Å². The van der Waals surface area contributed by atoms with Crippen molar-refractivity contribution >= 4 is 17.4 Å². The number of hydrogen-bond donors (Lipinski definition) is 1. The fourth-order valence-electron chi connectivity index (χ4n) is 4.47. The first-order valence-corrected chi connectivity index (χ1v) is 12.1. The van der Waals surface area contributed by atoms with Gasteiger partial charge in [-0.25, -0.2) is 13.2 Å². The van der Waals surface area contributed by atoms with Gasteiger partial charge in [0.25, 0.3) is 5.56 Å². The molecule has 2 aromatic carbocycles. The number of rotatable bonds is 9. The zero-order chi connectivity index (χ0) is 27.5. The van der Waals surface area contributed by atoms with Gasteiger partial charge in [-0.05, 0) is 53.1 Å². The Morgan fingerprint density at radius 2 is 1.85 bits per heavy atom. The largest absolute Gasteiger partial charge is 0.493 e. The van der Waals surface area contributed by atoms with Crippen molar-refractivity contribution in [3.63, 3.8) is 0 Å². The second kappa shape index (κ2) is 10.9. The van der Waals surface area contributed by atoms with Crippen molar-refractivity contribution in [3.8, 4) is 5.75 Å². The molecule has 7 nitrogen and oxygen atoms in total. The highest BCUT2D eigenvalue weighted by Gasteiger charge is 2.23.